The molecular formula is C18H17N3O3. The summed E-state index contributed by atoms with van der Waals surface area (Å²) in [5.74, 6) is -0.184. The van der Waals surface area contributed by atoms with Crippen LogP contribution in [0.4, 0.5) is 0 Å². The number of nitrogens with zero attached hydrogens (tertiary/aromatic N) is 1. The van der Waals surface area contributed by atoms with Gasteiger partial charge in [-0.3, -0.25) is 4.79 Å². The van der Waals surface area contributed by atoms with Crippen LogP contribution in [-0.2, 0) is 0 Å². The fourth-order valence-electron chi connectivity index (χ4n) is 2.51. The minimum absolute atomic E-state index is 0.128. The van der Waals surface area contributed by atoms with Crippen molar-refractivity contribution in [2.45, 2.75) is 6.92 Å². The average Bonchev–Trinajstić information content (AvgIpc) is 2.90. The van der Waals surface area contributed by atoms with Gasteiger partial charge in [-0.1, -0.05) is 18.2 Å². The molecule has 24 heavy (non-hydrogen) atoms. The molecule has 3 rings (SSSR count). The molecule has 0 saturated heterocycles. The van der Waals surface area contributed by atoms with Crippen molar-refractivity contribution in [2.24, 2.45) is 5.10 Å². The molecule has 0 aliphatic heterocycles. The van der Waals surface area contributed by atoms with Gasteiger partial charge in [-0.15, -0.1) is 0 Å². The van der Waals surface area contributed by atoms with Crippen LogP contribution >= 0.6 is 0 Å². The number of ether oxygens (including phenoxy) is 1. The number of aryl methyl sites for hydroxylation is 1. The summed E-state index contributed by atoms with van der Waals surface area (Å²) in [5, 5.41) is 14.9. The van der Waals surface area contributed by atoms with Crippen LogP contribution < -0.4 is 10.2 Å². The Labute approximate surface area is 138 Å². The van der Waals surface area contributed by atoms with E-state index in [0.717, 1.165) is 22.2 Å². The summed E-state index contributed by atoms with van der Waals surface area (Å²) >= 11 is 0. The first-order valence-corrected chi connectivity index (χ1v) is 7.38. The first-order chi connectivity index (χ1) is 11.6. The zero-order valence-electron chi connectivity index (χ0n) is 13.3. The van der Waals surface area contributed by atoms with Crippen molar-refractivity contribution in [3.05, 3.63) is 59.3 Å². The Morgan fingerprint density at radius 2 is 2.08 bits per heavy atom. The van der Waals surface area contributed by atoms with E-state index in [4.69, 9.17) is 4.74 Å². The topological polar surface area (TPSA) is 86.7 Å². The van der Waals surface area contributed by atoms with E-state index in [0.29, 0.717) is 5.75 Å². The van der Waals surface area contributed by atoms with Crippen molar-refractivity contribution in [2.75, 3.05) is 7.11 Å². The number of hydrazone groups is 1. The molecule has 0 atom stereocenters. The van der Waals surface area contributed by atoms with E-state index in [9.17, 15) is 9.90 Å². The molecule has 0 spiro atoms. The fourth-order valence-corrected chi connectivity index (χ4v) is 2.51. The first kappa shape index (κ1) is 15.6. The van der Waals surface area contributed by atoms with E-state index in [1.54, 1.807) is 12.3 Å². The molecule has 1 heterocycles. The number of nitrogens with one attached hydrogen (secondary N) is 2. The van der Waals surface area contributed by atoms with Gasteiger partial charge in [-0.25, -0.2) is 5.43 Å². The number of phenolic OH excluding ortho intramolecular Hbond substituents is 1. The quantitative estimate of drug-likeness (QED) is 0.509. The standard InChI is InChI=1S/C18H17N3O3/c1-11-15(13-5-3-4-6-16(13)20-11)10-19-21-18(23)14-8-7-12(24-2)9-17(14)22/h3-10,20,22H,1-2H3,(H,21,23)/b19-10-. The number of carbonyl (C=O) groups excluding carboxylic acids is 1. The third-order valence-corrected chi connectivity index (χ3v) is 3.75. The Hall–Kier alpha value is -3.28. The highest BCUT2D eigenvalue weighted by atomic mass is 16.5. The number of fused-ring (bicyclic) bond motifs is 1. The van der Waals surface area contributed by atoms with Gasteiger partial charge in [0.15, 0.2) is 0 Å². The van der Waals surface area contributed by atoms with Crippen LogP contribution in [-0.4, -0.2) is 29.3 Å². The van der Waals surface area contributed by atoms with Crippen molar-refractivity contribution in [3.8, 4) is 11.5 Å². The summed E-state index contributed by atoms with van der Waals surface area (Å²) in [7, 11) is 1.49. The molecule has 0 fully saturated rings. The van der Waals surface area contributed by atoms with E-state index in [2.05, 4.69) is 15.5 Å². The van der Waals surface area contributed by atoms with Crippen molar-refractivity contribution in [1.82, 2.24) is 10.4 Å². The molecule has 122 valence electrons. The Bertz CT molecular complexity index is 928. The van der Waals surface area contributed by atoms with Crippen LogP contribution in [0.5, 0.6) is 11.5 Å². The molecule has 2 aromatic carbocycles. The molecule has 6 nitrogen and oxygen atoms in total. The predicted molar refractivity (Wildman–Crippen MR) is 92.8 cm³/mol. The number of aromatic nitrogens is 1. The van der Waals surface area contributed by atoms with Crippen LogP contribution in [0.15, 0.2) is 47.6 Å². The Morgan fingerprint density at radius 1 is 1.29 bits per heavy atom. The SMILES string of the molecule is COc1ccc(C(=O)N/N=C\c2c(C)[nH]c3ccccc23)c(O)c1. The van der Waals surface area contributed by atoms with Gasteiger partial charge in [0.1, 0.15) is 11.5 Å². The van der Waals surface area contributed by atoms with E-state index < -0.39 is 5.91 Å². The zero-order valence-corrected chi connectivity index (χ0v) is 13.3. The van der Waals surface area contributed by atoms with Gasteiger partial charge in [-0.05, 0) is 25.1 Å². The Kier molecular flexibility index (Phi) is 4.20. The van der Waals surface area contributed by atoms with Crippen LogP contribution in [0.1, 0.15) is 21.6 Å². The largest absolute Gasteiger partial charge is 0.507 e. The third-order valence-electron chi connectivity index (χ3n) is 3.75. The van der Waals surface area contributed by atoms with Crippen molar-refractivity contribution < 1.29 is 14.6 Å². The molecular weight excluding hydrogens is 306 g/mol. The smallest absolute Gasteiger partial charge is 0.275 e. The molecule has 3 aromatic rings. The minimum atomic E-state index is -0.496. The molecule has 0 aliphatic rings. The van der Waals surface area contributed by atoms with E-state index >= 15 is 0 Å². The number of rotatable bonds is 4. The number of phenols is 1. The molecule has 1 aromatic heterocycles. The van der Waals surface area contributed by atoms with E-state index in [-0.39, 0.29) is 11.3 Å². The van der Waals surface area contributed by atoms with E-state index in [1.165, 1.54) is 19.2 Å². The number of hydrogen-bond acceptors (Lipinski definition) is 4. The first-order valence-electron chi connectivity index (χ1n) is 7.38. The molecule has 0 unspecified atom stereocenters. The summed E-state index contributed by atoms with van der Waals surface area (Å²) in [6, 6.07) is 12.3. The van der Waals surface area contributed by atoms with Gasteiger partial charge in [0, 0.05) is 28.2 Å². The molecule has 1 amide bonds. The highest BCUT2D eigenvalue weighted by molar-refractivity contribution is 6.02. The van der Waals surface area contributed by atoms with Gasteiger partial charge >= 0.3 is 0 Å². The van der Waals surface area contributed by atoms with Crippen LogP contribution in [0.25, 0.3) is 10.9 Å². The number of amides is 1. The summed E-state index contributed by atoms with van der Waals surface area (Å²) < 4.78 is 4.99. The molecule has 0 bridgehead atoms. The Balaban J connectivity index is 1.78. The number of H-pyrrole nitrogens is 1. The maximum Gasteiger partial charge on any atom is 0.275 e. The molecule has 0 aliphatic carbocycles. The molecule has 3 N–H and O–H groups in total. The maximum atomic E-state index is 12.1. The molecule has 6 heteroatoms. The number of aromatic amines is 1. The highest BCUT2D eigenvalue weighted by Crippen LogP contribution is 2.23. The van der Waals surface area contributed by atoms with Crippen molar-refractivity contribution in [1.29, 1.82) is 0 Å². The predicted octanol–water partition coefficient (Wildman–Crippen LogP) is 2.95. The lowest BCUT2D eigenvalue weighted by atomic mass is 10.1. The molecule has 0 radical (unpaired) electrons. The van der Waals surface area contributed by atoms with Gasteiger partial charge in [0.25, 0.3) is 5.91 Å². The normalized spacial score (nSPS) is 11.1. The third kappa shape index (κ3) is 2.94. The number of aromatic hydroxyl groups is 1. The van der Waals surface area contributed by atoms with Gasteiger partial charge in [-0.2, -0.15) is 5.10 Å². The summed E-state index contributed by atoms with van der Waals surface area (Å²) in [6.07, 6.45) is 1.59. The number of para-hydroxylation sites is 1. The number of benzene rings is 2. The minimum Gasteiger partial charge on any atom is -0.507 e. The monoisotopic (exact) mass is 323 g/mol. The Morgan fingerprint density at radius 3 is 2.83 bits per heavy atom. The summed E-state index contributed by atoms with van der Waals surface area (Å²) in [6.45, 7) is 1.94. The lowest BCUT2D eigenvalue weighted by Gasteiger charge is -2.05. The average molecular weight is 323 g/mol. The zero-order chi connectivity index (χ0) is 17.1. The van der Waals surface area contributed by atoms with Gasteiger partial charge in [0.2, 0.25) is 0 Å². The maximum absolute atomic E-state index is 12.1. The van der Waals surface area contributed by atoms with Crippen molar-refractivity contribution >= 4 is 23.0 Å². The van der Waals surface area contributed by atoms with Crippen molar-refractivity contribution in [3.63, 3.8) is 0 Å². The van der Waals surface area contributed by atoms with E-state index in [1.807, 2.05) is 31.2 Å². The van der Waals surface area contributed by atoms with Crippen LogP contribution in [0.2, 0.25) is 0 Å². The summed E-state index contributed by atoms with van der Waals surface area (Å²) in [5.41, 5.74) is 5.43. The van der Waals surface area contributed by atoms with Crippen LogP contribution in [0.3, 0.4) is 0 Å². The number of carbonyl (C=O) groups is 1. The van der Waals surface area contributed by atoms with Gasteiger partial charge < -0.3 is 14.8 Å². The second kappa shape index (κ2) is 6.45. The summed E-state index contributed by atoms with van der Waals surface area (Å²) in [4.78, 5) is 15.4. The lowest BCUT2D eigenvalue weighted by Crippen LogP contribution is -2.17. The van der Waals surface area contributed by atoms with Gasteiger partial charge in [0.05, 0.1) is 18.9 Å². The highest BCUT2D eigenvalue weighted by Gasteiger charge is 2.11. The fraction of sp³-hybridized carbons (Fsp3) is 0.111. The second-order valence-corrected chi connectivity index (χ2v) is 5.29. The number of hydrogen-bond donors (Lipinski definition) is 3. The lowest BCUT2D eigenvalue weighted by molar-refractivity contribution is 0.0952. The second-order valence-electron chi connectivity index (χ2n) is 5.29. The number of methoxy groups -OCH3 is 1. The molecule has 0 saturated carbocycles. The van der Waals surface area contributed by atoms with Crippen LogP contribution in [0, 0.1) is 6.92 Å².